The van der Waals surface area contributed by atoms with E-state index >= 15 is 0 Å². The fraction of sp³-hybridized carbons (Fsp3) is 0.333. The molecule has 3 rings (SSSR count). The number of fused-ring (bicyclic) bond motifs is 1. The van der Waals surface area contributed by atoms with E-state index < -0.39 is 23.7 Å². The number of primary amides is 2. The molecule has 1 aliphatic rings. The van der Waals surface area contributed by atoms with Crippen LogP contribution in [0.25, 0.3) is 0 Å². The topological polar surface area (TPSA) is 127 Å². The molecule has 1 aliphatic heterocycles. The molecule has 0 bridgehead atoms. The summed E-state index contributed by atoms with van der Waals surface area (Å²) in [5, 5.41) is 3.26. The Bertz CT molecular complexity index is 1020. The maximum absolute atomic E-state index is 14.8. The summed E-state index contributed by atoms with van der Waals surface area (Å²) in [7, 11) is 1.53. The molecule has 5 N–H and O–H groups in total. The third kappa shape index (κ3) is 4.24. The van der Waals surface area contributed by atoms with Gasteiger partial charge in [-0.2, -0.15) is 0 Å². The first-order valence-corrected chi connectivity index (χ1v) is 9.59. The molecule has 0 saturated heterocycles. The third-order valence-corrected chi connectivity index (χ3v) is 5.04. The molecule has 1 aromatic heterocycles. The SMILES string of the molecule is CC(C)C(C(N)=O)N(C)c1nc(N=C2CNc3ccccc3C2)c(C(N)=O)cc1F. The number of carbonyl (C=O) groups excluding carboxylic acids is 2. The summed E-state index contributed by atoms with van der Waals surface area (Å²) in [6.45, 7) is 4.05. The lowest BCUT2D eigenvalue weighted by molar-refractivity contribution is -0.120. The molecule has 2 aromatic rings. The number of nitrogens with one attached hydrogen (secondary N) is 1. The number of hydrogen-bond acceptors (Lipinski definition) is 6. The zero-order valence-corrected chi connectivity index (χ0v) is 17.1. The highest BCUT2D eigenvalue weighted by atomic mass is 19.1. The van der Waals surface area contributed by atoms with E-state index in [9.17, 15) is 14.0 Å². The number of carbonyl (C=O) groups is 2. The number of anilines is 2. The lowest BCUT2D eigenvalue weighted by Gasteiger charge is -2.30. The van der Waals surface area contributed by atoms with E-state index in [1.54, 1.807) is 13.8 Å². The molecule has 30 heavy (non-hydrogen) atoms. The zero-order chi connectivity index (χ0) is 22.0. The van der Waals surface area contributed by atoms with Gasteiger partial charge in [-0.1, -0.05) is 32.0 Å². The normalized spacial score (nSPS) is 15.4. The van der Waals surface area contributed by atoms with Crippen LogP contribution in [-0.2, 0) is 11.2 Å². The molecule has 9 heteroatoms. The number of aliphatic imine (C=N–C) groups is 1. The van der Waals surface area contributed by atoms with Crippen LogP contribution in [0.2, 0.25) is 0 Å². The van der Waals surface area contributed by atoms with E-state index in [-0.39, 0.29) is 23.1 Å². The molecule has 2 heterocycles. The molecule has 1 unspecified atom stereocenters. The zero-order valence-electron chi connectivity index (χ0n) is 17.1. The van der Waals surface area contributed by atoms with Crippen molar-refractivity contribution in [3.05, 3.63) is 47.3 Å². The average Bonchev–Trinajstić information content (AvgIpc) is 2.68. The molecule has 1 atom stereocenters. The van der Waals surface area contributed by atoms with E-state index in [4.69, 9.17) is 11.5 Å². The number of nitrogens with two attached hydrogens (primary N) is 2. The number of para-hydroxylation sites is 1. The highest BCUT2D eigenvalue weighted by Crippen LogP contribution is 2.28. The van der Waals surface area contributed by atoms with Gasteiger partial charge in [0, 0.05) is 24.9 Å². The second-order valence-electron chi connectivity index (χ2n) is 7.60. The number of hydrogen-bond donors (Lipinski definition) is 3. The van der Waals surface area contributed by atoms with Crippen LogP contribution < -0.4 is 21.7 Å². The van der Waals surface area contributed by atoms with Gasteiger partial charge in [0.2, 0.25) is 5.91 Å². The van der Waals surface area contributed by atoms with Crippen molar-refractivity contribution in [2.75, 3.05) is 23.8 Å². The van der Waals surface area contributed by atoms with Crippen molar-refractivity contribution in [2.45, 2.75) is 26.3 Å². The lowest BCUT2D eigenvalue weighted by Crippen LogP contribution is -2.47. The van der Waals surface area contributed by atoms with Crippen molar-refractivity contribution in [3.8, 4) is 0 Å². The summed E-state index contributed by atoms with van der Waals surface area (Å²) in [4.78, 5) is 33.9. The molecule has 0 radical (unpaired) electrons. The van der Waals surface area contributed by atoms with Crippen molar-refractivity contribution in [3.63, 3.8) is 0 Å². The Labute approximate surface area is 174 Å². The van der Waals surface area contributed by atoms with Crippen LogP contribution in [0.3, 0.4) is 0 Å². The lowest BCUT2D eigenvalue weighted by atomic mass is 10.0. The summed E-state index contributed by atoms with van der Waals surface area (Å²) in [6, 6.07) is 8.03. The fourth-order valence-corrected chi connectivity index (χ4v) is 3.64. The van der Waals surface area contributed by atoms with Crippen molar-refractivity contribution in [1.82, 2.24) is 4.98 Å². The van der Waals surface area contributed by atoms with Crippen LogP contribution in [0.1, 0.15) is 29.8 Å². The number of benzene rings is 1. The van der Waals surface area contributed by atoms with E-state index in [1.165, 1.54) is 11.9 Å². The summed E-state index contributed by atoms with van der Waals surface area (Å²) >= 11 is 0. The molecule has 8 nitrogen and oxygen atoms in total. The molecule has 158 valence electrons. The first-order valence-electron chi connectivity index (χ1n) is 9.59. The van der Waals surface area contributed by atoms with Gasteiger partial charge >= 0.3 is 0 Å². The van der Waals surface area contributed by atoms with Gasteiger partial charge in [0.05, 0.1) is 12.1 Å². The van der Waals surface area contributed by atoms with Gasteiger partial charge in [0.15, 0.2) is 17.5 Å². The minimum Gasteiger partial charge on any atom is -0.379 e. The number of halogens is 1. The number of likely N-dealkylation sites (N-methyl/N-ethyl adjacent to an activating group) is 1. The van der Waals surface area contributed by atoms with Gasteiger partial charge in [-0.3, -0.25) is 9.59 Å². The number of rotatable bonds is 6. The molecule has 0 fully saturated rings. The maximum Gasteiger partial charge on any atom is 0.252 e. The largest absolute Gasteiger partial charge is 0.379 e. The van der Waals surface area contributed by atoms with Crippen LogP contribution in [0.5, 0.6) is 0 Å². The second kappa shape index (κ2) is 8.48. The first-order chi connectivity index (χ1) is 14.2. The Balaban J connectivity index is 2.05. The monoisotopic (exact) mass is 412 g/mol. The summed E-state index contributed by atoms with van der Waals surface area (Å²) in [6.07, 6.45) is 0.557. The first kappa shape index (κ1) is 21.2. The van der Waals surface area contributed by atoms with Crippen molar-refractivity contribution in [2.24, 2.45) is 22.4 Å². The summed E-state index contributed by atoms with van der Waals surface area (Å²) in [5.74, 6) is -2.52. The number of pyridine rings is 1. The predicted molar refractivity (Wildman–Crippen MR) is 115 cm³/mol. The van der Waals surface area contributed by atoms with E-state index in [2.05, 4.69) is 15.3 Å². The molecule has 0 spiro atoms. The Kier molecular flexibility index (Phi) is 6.00. The summed E-state index contributed by atoms with van der Waals surface area (Å²) < 4.78 is 14.8. The minimum atomic E-state index is -0.838. The molecular weight excluding hydrogens is 387 g/mol. The maximum atomic E-state index is 14.8. The Morgan fingerprint density at radius 3 is 2.60 bits per heavy atom. The van der Waals surface area contributed by atoms with E-state index in [0.717, 1.165) is 23.0 Å². The predicted octanol–water partition coefficient (Wildman–Crippen LogP) is 2.01. The van der Waals surface area contributed by atoms with Gasteiger partial charge in [-0.25, -0.2) is 14.4 Å². The molecule has 0 aliphatic carbocycles. The smallest absolute Gasteiger partial charge is 0.252 e. The standard InChI is InChI=1S/C21H25FN6O2/c1-11(2)17(19(24)30)28(3)21-15(22)9-14(18(23)29)20(27-21)26-13-8-12-6-4-5-7-16(12)25-10-13/h4-7,9,11,17,25H,8,10H2,1-3H3,(H2,23,29)(H2,24,30). The molecule has 0 saturated carbocycles. The van der Waals surface area contributed by atoms with Crippen LogP contribution in [0, 0.1) is 11.7 Å². The van der Waals surface area contributed by atoms with Crippen LogP contribution in [0.4, 0.5) is 21.7 Å². The second-order valence-corrected chi connectivity index (χ2v) is 7.60. The Hall–Kier alpha value is -3.49. The van der Waals surface area contributed by atoms with Crippen molar-refractivity contribution in [1.29, 1.82) is 0 Å². The highest BCUT2D eigenvalue weighted by Gasteiger charge is 2.29. The Morgan fingerprint density at radius 1 is 1.27 bits per heavy atom. The van der Waals surface area contributed by atoms with Gasteiger partial charge in [0.1, 0.15) is 6.04 Å². The van der Waals surface area contributed by atoms with Crippen molar-refractivity contribution < 1.29 is 14.0 Å². The molecule has 1 aromatic carbocycles. The van der Waals surface area contributed by atoms with Crippen LogP contribution >= 0.6 is 0 Å². The van der Waals surface area contributed by atoms with Crippen LogP contribution in [0.15, 0.2) is 35.3 Å². The van der Waals surface area contributed by atoms with Gasteiger partial charge in [-0.05, 0) is 23.6 Å². The van der Waals surface area contributed by atoms with Gasteiger partial charge < -0.3 is 21.7 Å². The average molecular weight is 412 g/mol. The minimum absolute atomic E-state index is 0.00825. The number of nitrogens with zero attached hydrogens (tertiary/aromatic N) is 3. The highest BCUT2D eigenvalue weighted by molar-refractivity contribution is 6.01. The Morgan fingerprint density at radius 2 is 1.97 bits per heavy atom. The van der Waals surface area contributed by atoms with Gasteiger partial charge in [-0.15, -0.1) is 0 Å². The number of aromatic nitrogens is 1. The third-order valence-electron chi connectivity index (χ3n) is 5.04. The van der Waals surface area contributed by atoms with Crippen molar-refractivity contribution >= 4 is 34.8 Å². The quantitative estimate of drug-likeness (QED) is 0.669. The van der Waals surface area contributed by atoms with Gasteiger partial charge in [0.25, 0.3) is 5.91 Å². The van der Waals surface area contributed by atoms with E-state index in [0.29, 0.717) is 13.0 Å². The molecular formula is C21H25FN6O2. The van der Waals surface area contributed by atoms with E-state index in [1.807, 2.05) is 24.3 Å². The number of amides is 2. The summed E-state index contributed by atoms with van der Waals surface area (Å²) in [5.41, 5.74) is 13.6. The van der Waals surface area contributed by atoms with Crippen LogP contribution in [-0.4, -0.2) is 42.1 Å². The fourth-order valence-electron chi connectivity index (χ4n) is 3.64. The molecule has 2 amide bonds.